The molecule has 0 aromatic heterocycles. The molecule has 0 radical (unpaired) electrons. The molecule has 3 rings (SSSR count). The number of hydrogen-bond acceptors (Lipinski definition) is 5. The van der Waals surface area contributed by atoms with Gasteiger partial charge in [0.2, 0.25) is 0 Å². The number of aromatic hydroxyl groups is 1. The summed E-state index contributed by atoms with van der Waals surface area (Å²) in [5.41, 5.74) is 0.273. The molecule has 0 unspecified atom stereocenters. The molecule has 7 heteroatoms. The van der Waals surface area contributed by atoms with Gasteiger partial charge in [0.05, 0.1) is 4.91 Å². The smallest absolute Gasteiger partial charge is 0.286 e. The standard InChI is InChI=1S/C16H18FN3O2S/c17-12-3-4-13(21)11(9-12)10-14-15(22)19-16(23-14)18-5-8-20-6-1-2-7-20/h3-4,9-10,21H,1-2,5-8H2,(H,18,19,22)/b14-10-. The van der Waals surface area contributed by atoms with E-state index in [1.165, 1.54) is 48.9 Å². The van der Waals surface area contributed by atoms with E-state index in [9.17, 15) is 14.3 Å². The van der Waals surface area contributed by atoms with Gasteiger partial charge in [-0.3, -0.25) is 4.79 Å². The fourth-order valence-electron chi connectivity index (χ4n) is 2.59. The number of benzene rings is 1. The van der Waals surface area contributed by atoms with Crippen LogP contribution in [0.1, 0.15) is 18.4 Å². The van der Waals surface area contributed by atoms with Gasteiger partial charge in [-0.1, -0.05) is 0 Å². The molecule has 122 valence electrons. The van der Waals surface area contributed by atoms with Gasteiger partial charge in [0.1, 0.15) is 11.6 Å². The van der Waals surface area contributed by atoms with Gasteiger partial charge in [0.15, 0.2) is 5.17 Å². The minimum absolute atomic E-state index is 0.0669. The number of aliphatic imine (C=N–C) groups is 1. The highest BCUT2D eigenvalue weighted by Gasteiger charge is 2.22. The van der Waals surface area contributed by atoms with Crippen molar-refractivity contribution in [3.63, 3.8) is 0 Å². The van der Waals surface area contributed by atoms with E-state index in [0.29, 0.717) is 10.1 Å². The van der Waals surface area contributed by atoms with Crippen molar-refractivity contribution in [3.05, 3.63) is 34.5 Å². The van der Waals surface area contributed by atoms with Gasteiger partial charge in [-0.15, -0.1) is 0 Å². The van der Waals surface area contributed by atoms with Crippen LogP contribution in [0.2, 0.25) is 0 Å². The third-order valence-corrected chi connectivity index (χ3v) is 4.74. The first-order valence-corrected chi connectivity index (χ1v) is 8.41. The number of carbonyl (C=O) groups excluding carboxylic acids is 1. The largest absolute Gasteiger partial charge is 0.507 e. The molecule has 0 bridgehead atoms. The van der Waals surface area contributed by atoms with Crippen molar-refractivity contribution in [1.29, 1.82) is 0 Å². The minimum atomic E-state index is -0.463. The first kappa shape index (κ1) is 16.0. The molecule has 1 aromatic rings. The fraction of sp³-hybridized carbons (Fsp3) is 0.375. The van der Waals surface area contributed by atoms with Crippen LogP contribution in [0.15, 0.2) is 28.1 Å². The van der Waals surface area contributed by atoms with Crippen LogP contribution in [-0.4, -0.2) is 47.3 Å². The van der Waals surface area contributed by atoms with Crippen molar-refractivity contribution in [1.82, 2.24) is 10.2 Å². The van der Waals surface area contributed by atoms with Crippen LogP contribution >= 0.6 is 11.8 Å². The maximum Gasteiger partial charge on any atom is 0.286 e. The number of amides is 1. The van der Waals surface area contributed by atoms with E-state index >= 15 is 0 Å². The molecular formula is C16H18FN3O2S. The zero-order chi connectivity index (χ0) is 16.2. The van der Waals surface area contributed by atoms with E-state index in [2.05, 4.69) is 15.2 Å². The van der Waals surface area contributed by atoms with Crippen LogP contribution in [0.5, 0.6) is 5.75 Å². The number of hydrogen-bond donors (Lipinski definition) is 2. The normalized spacial score (nSPS) is 20.3. The summed E-state index contributed by atoms with van der Waals surface area (Å²) in [7, 11) is 0. The van der Waals surface area contributed by atoms with Crippen molar-refractivity contribution in [2.45, 2.75) is 12.8 Å². The average molecular weight is 335 g/mol. The molecule has 0 atom stereocenters. The van der Waals surface area contributed by atoms with Gasteiger partial charge in [-0.05, 0) is 62.0 Å². The lowest BCUT2D eigenvalue weighted by atomic mass is 10.2. The van der Waals surface area contributed by atoms with Crippen molar-refractivity contribution >= 4 is 28.9 Å². The highest BCUT2D eigenvalue weighted by molar-refractivity contribution is 8.18. The molecule has 2 aliphatic rings. The second kappa shape index (κ2) is 7.14. The summed E-state index contributed by atoms with van der Waals surface area (Å²) < 4.78 is 13.2. The highest BCUT2D eigenvalue weighted by Crippen LogP contribution is 2.30. The molecule has 5 nitrogen and oxygen atoms in total. The number of thioether (sulfide) groups is 1. The zero-order valence-corrected chi connectivity index (χ0v) is 13.4. The Bertz CT molecular complexity index is 669. The van der Waals surface area contributed by atoms with Crippen LogP contribution in [0.3, 0.4) is 0 Å². The van der Waals surface area contributed by atoms with Gasteiger partial charge in [-0.2, -0.15) is 4.99 Å². The lowest BCUT2D eigenvalue weighted by Gasteiger charge is -2.14. The number of phenols is 1. The molecule has 2 N–H and O–H groups in total. The van der Waals surface area contributed by atoms with Gasteiger partial charge in [-0.25, -0.2) is 4.39 Å². The second-order valence-corrected chi connectivity index (χ2v) is 6.54. The molecule has 0 saturated carbocycles. The molecule has 1 amide bonds. The van der Waals surface area contributed by atoms with Crippen LogP contribution < -0.4 is 5.32 Å². The monoisotopic (exact) mass is 335 g/mol. The third kappa shape index (κ3) is 4.11. The molecule has 0 aliphatic carbocycles. The summed E-state index contributed by atoms with van der Waals surface area (Å²) in [5, 5.41) is 13.4. The summed E-state index contributed by atoms with van der Waals surface area (Å²) in [4.78, 5) is 18.6. The van der Waals surface area contributed by atoms with E-state index < -0.39 is 5.82 Å². The van der Waals surface area contributed by atoms with Crippen LogP contribution in [0.4, 0.5) is 4.39 Å². The van der Waals surface area contributed by atoms with Gasteiger partial charge in [0.25, 0.3) is 5.91 Å². The quantitative estimate of drug-likeness (QED) is 0.826. The van der Waals surface area contributed by atoms with Crippen molar-refractivity contribution < 1.29 is 14.3 Å². The van der Waals surface area contributed by atoms with Gasteiger partial charge < -0.3 is 15.3 Å². The first-order valence-electron chi connectivity index (χ1n) is 7.59. The van der Waals surface area contributed by atoms with E-state index in [0.717, 1.165) is 26.2 Å². The number of amidine groups is 1. The van der Waals surface area contributed by atoms with Gasteiger partial charge >= 0.3 is 0 Å². The second-order valence-electron chi connectivity index (χ2n) is 5.51. The molecule has 0 spiro atoms. The zero-order valence-electron chi connectivity index (χ0n) is 12.6. The third-order valence-electron chi connectivity index (χ3n) is 3.80. The Labute approximate surface area is 138 Å². The Hall–Kier alpha value is -1.86. The van der Waals surface area contributed by atoms with Crippen LogP contribution in [0, 0.1) is 5.82 Å². The Morgan fingerprint density at radius 2 is 2.17 bits per heavy atom. The maximum absolute atomic E-state index is 13.2. The molecule has 2 aliphatic heterocycles. The summed E-state index contributed by atoms with van der Waals surface area (Å²) in [6, 6.07) is 3.62. The van der Waals surface area contributed by atoms with Crippen molar-refractivity contribution in [3.8, 4) is 5.75 Å². The number of nitrogens with zero attached hydrogens (tertiary/aromatic N) is 2. The predicted molar refractivity (Wildman–Crippen MR) is 89.8 cm³/mol. The highest BCUT2D eigenvalue weighted by atomic mass is 32.2. The number of rotatable bonds is 4. The molecule has 1 saturated heterocycles. The number of halogens is 1. The van der Waals surface area contributed by atoms with Crippen molar-refractivity contribution in [2.24, 2.45) is 4.99 Å². The molecular weight excluding hydrogens is 317 g/mol. The van der Waals surface area contributed by atoms with E-state index in [-0.39, 0.29) is 17.2 Å². The Kier molecular flexibility index (Phi) is 4.97. The fourth-order valence-corrected chi connectivity index (χ4v) is 3.42. The molecule has 1 fully saturated rings. The minimum Gasteiger partial charge on any atom is -0.507 e. The summed E-state index contributed by atoms with van der Waals surface area (Å²) in [6.07, 6.45) is 3.96. The number of nitrogens with one attached hydrogen (secondary N) is 1. The predicted octanol–water partition coefficient (Wildman–Crippen LogP) is 2.19. The van der Waals surface area contributed by atoms with Gasteiger partial charge in [0, 0.05) is 18.7 Å². The lowest BCUT2D eigenvalue weighted by Crippen LogP contribution is -2.31. The maximum atomic E-state index is 13.2. The van der Waals surface area contributed by atoms with Crippen LogP contribution in [-0.2, 0) is 4.79 Å². The Morgan fingerprint density at radius 1 is 1.39 bits per heavy atom. The Morgan fingerprint density at radius 3 is 2.96 bits per heavy atom. The van der Waals surface area contributed by atoms with Crippen molar-refractivity contribution in [2.75, 3.05) is 26.2 Å². The average Bonchev–Trinajstić information content (AvgIpc) is 3.14. The topological polar surface area (TPSA) is 64.9 Å². The lowest BCUT2D eigenvalue weighted by molar-refractivity contribution is -0.113. The first-order chi connectivity index (χ1) is 11.1. The summed E-state index contributed by atoms with van der Waals surface area (Å²) in [6.45, 7) is 3.92. The number of carbonyl (C=O) groups is 1. The number of phenolic OH excluding ortho intramolecular Hbond substituents is 1. The SMILES string of the molecule is O=C1N=C(NCCN2CCCC2)S/C1=C\c1cc(F)ccc1O. The molecule has 23 heavy (non-hydrogen) atoms. The number of likely N-dealkylation sites (tertiary alicyclic amines) is 1. The molecule has 2 heterocycles. The van der Waals surface area contributed by atoms with E-state index in [1.54, 1.807) is 0 Å². The van der Waals surface area contributed by atoms with E-state index in [4.69, 9.17) is 0 Å². The summed E-state index contributed by atoms with van der Waals surface area (Å²) >= 11 is 1.21. The van der Waals surface area contributed by atoms with E-state index in [1.807, 2.05) is 0 Å². The molecule has 1 aromatic carbocycles. The summed E-state index contributed by atoms with van der Waals surface area (Å²) in [5.74, 6) is -0.903. The Balaban J connectivity index is 1.58. The van der Waals surface area contributed by atoms with Crippen LogP contribution in [0.25, 0.3) is 6.08 Å².